The van der Waals surface area contributed by atoms with Gasteiger partial charge >= 0.3 is 7.12 Å². The van der Waals surface area contributed by atoms with E-state index in [1.54, 1.807) is 6.08 Å². The molecule has 0 heterocycles. The molecule has 0 atom stereocenters. The van der Waals surface area contributed by atoms with Crippen molar-refractivity contribution in [3.05, 3.63) is 36.7 Å². The van der Waals surface area contributed by atoms with Crippen LogP contribution in [0.3, 0.4) is 0 Å². The van der Waals surface area contributed by atoms with Crippen LogP contribution in [0.15, 0.2) is 30.9 Å². The highest BCUT2D eigenvalue weighted by molar-refractivity contribution is 6.59. The van der Waals surface area contributed by atoms with Crippen LogP contribution in [0.5, 0.6) is 5.75 Å². The van der Waals surface area contributed by atoms with Gasteiger partial charge in [-0.2, -0.15) is 0 Å². The van der Waals surface area contributed by atoms with Gasteiger partial charge in [0.15, 0.2) is 0 Å². The Kier molecular flexibility index (Phi) is 5.02. The molecule has 2 N–H and O–H groups in total. The van der Waals surface area contributed by atoms with Gasteiger partial charge in [-0.05, 0) is 31.0 Å². The van der Waals surface area contributed by atoms with Gasteiger partial charge in [0.1, 0.15) is 11.6 Å². The minimum atomic E-state index is -1.73. The van der Waals surface area contributed by atoms with Crippen molar-refractivity contribution in [3.8, 4) is 5.75 Å². The SMILES string of the molecule is C=CCCCOc1ccc(F)cc1B(O)O. The summed E-state index contributed by atoms with van der Waals surface area (Å²) in [5.41, 5.74) is 0.0404. The topological polar surface area (TPSA) is 49.7 Å². The van der Waals surface area contributed by atoms with Gasteiger partial charge in [0.2, 0.25) is 0 Å². The monoisotopic (exact) mass is 224 g/mol. The zero-order valence-electron chi connectivity index (χ0n) is 8.90. The molecule has 1 aromatic carbocycles. The number of halogens is 1. The minimum Gasteiger partial charge on any atom is -0.494 e. The summed E-state index contributed by atoms with van der Waals surface area (Å²) in [6, 6.07) is 3.65. The first kappa shape index (κ1) is 12.7. The second-order valence-electron chi connectivity index (χ2n) is 3.34. The van der Waals surface area contributed by atoms with Crippen molar-refractivity contribution in [3.63, 3.8) is 0 Å². The van der Waals surface area contributed by atoms with E-state index in [1.807, 2.05) is 0 Å². The first-order chi connectivity index (χ1) is 7.65. The summed E-state index contributed by atoms with van der Waals surface area (Å²) in [6.07, 6.45) is 3.37. The Hall–Kier alpha value is -1.33. The summed E-state index contributed by atoms with van der Waals surface area (Å²) in [5.74, 6) is -0.234. The fourth-order valence-electron chi connectivity index (χ4n) is 1.26. The molecular formula is C11H14BFO3. The molecule has 0 saturated heterocycles. The third kappa shape index (κ3) is 3.68. The maximum atomic E-state index is 12.9. The van der Waals surface area contributed by atoms with Crippen LogP contribution >= 0.6 is 0 Å². The lowest BCUT2D eigenvalue weighted by Gasteiger charge is -2.10. The van der Waals surface area contributed by atoms with Gasteiger partial charge in [0, 0.05) is 5.46 Å². The molecule has 0 fully saturated rings. The van der Waals surface area contributed by atoms with Crippen LogP contribution < -0.4 is 10.2 Å². The smallest absolute Gasteiger partial charge is 0.492 e. The maximum Gasteiger partial charge on any atom is 0.492 e. The molecule has 0 aliphatic carbocycles. The van der Waals surface area contributed by atoms with Gasteiger partial charge in [-0.15, -0.1) is 6.58 Å². The Bertz CT molecular complexity index is 355. The van der Waals surface area contributed by atoms with E-state index in [0.717, 1.165) is 18.9 Å². The third-order valence-electron chi connectivity index (χ3n) is 2.06. The van der Waals surface area contributed by atoms with E-state index >= 15 is 0 Å². The predicted molar refractivity (Wildman–Crippen MR) is 61.2 cm³/mol. The number of ether oxygens (including phenoxy) is 1. The Morgan fingerprint density at radius 2 is 2.19 bits per heavy atom. The van der Waals surface area contributed by atoms with E-state index in [-0.39, 0.29) is 5.46 Å². The largest absolute Gasteiger partial charge is 0.494 e. The van der Waals surface area contributed by atoms with Gasteiger partial charge in [-0.1, -0.05) is 6.08 Å². The quantitative estimate of drug-likeness (QED) is 0.428. The Morgan fingerprint density at radius 1 is 1.44 bits per heavy atom. The molecule has 1 rings (SSSR count). The number of hydrogen-bond acceptors (Lipinski definition) is 3. The minimum absolute atomic E-state index is 0.0404. The zero-order valence-corrected chi connectivity index (χ0v) is 8.90. The highest BCUT2D eigenvalue weighted by atomic mass is 19.1. The Labute approximate surface area is 94.3 Å². The lowest BCUT2D eigenvalue weighted by atomic mass is 9.79. The molecule has 0 saturated carbocycles. The average molecular weight is 224 g/mol. The zero-order chi connectivity index (χ0) is 12.0. The molecule has 0 unspecified atom stereocenters. The molecule has 0 bridgehead atoms. The molecule has 0 aliphatic heterocycles. The number of allylic oxidation sites excluding steroid dienone is 1. The Balaban J connectivity index is 2.67. The van der Waals surface area contributed by atoms with Gasteiger partial charge in [0.25, 0.3) is 0 Å². The van der Waals surface area contributed by atoms with Gasteiger partial charge in [-0.3, -0.25) is 0 Å². The van der Waals surface area contributed by atoms with Crippen LogP contribution in [0.25, 0.3) is 0 Å². The molecule has 0 amide bonds. The number of benzene rings is 1. The van der Waals surface area contributed by atoms with Gasteiger partial charge in [0.05, 0.1) is 6.61 Å². The fraction of sp³-hybridized carbons (Fsp3) is 0.273. The summed E-state index contributed by atoms with van der Waals surface area (Å²) in [5, 5.41) is 18.0. The van der Waals surface area contributed by atoms with Gasteiger partial charge < -0.3 is 14.8 Å². The third-order valence-corrected chi connectivity index (χ3v) is 2.06. The molecule has 1 aromatic rings. The normalized spacial score (nSPS) is 9.94. The van der Waals surface area contributed by atoms with Crippen molar-refractivity contribution in [2.75, 3.05) is 6.61 Å². The second kappa shape index (κ2) is 6.30. The molecule has 0 radical (unpaired) electrons. The molecule has 0 spiro atoms. The van der Waals surface area contributed by atoms with Crippen LogP contribution in [0.4, 0.5) is 4.39 Å². The van der Waals surface area contributed by atoms with Crippen LogP contribution in [0.2, 0.25) is 0 Å². The van der Waals surface area contributed by atoms with E-state index in [9.17, 15) is 4.39 Å². The average Bonchev–Trinajstić information content (AvgIpc) is 2.26. The molecule has 16 heavy (non-hydrogen) atoms. The molecule has 0 aliphatic rings. The summed E-state index contributed by atoms with van der Waals surface area (Å²) < 4.78 is 18.2. The highest BCUT2D eigenvalue weighted by Crippen LogP contribution is 2.10. The van der Waals surface area contributed by atoms with Crippen LogP contribution in [-0.2, 0) is 0 Å². The predicted octanol–water partition coefficient (Wildman–Crippen LogP) is 0.850. The van der Waals surface area contributed by atoms with E-state index < -0.39 is 12.9 Å². The van der Waals surface area contributed by atoms with Gasteiger partial charge in [-0.25, -0.2) is 4.39 Å². The molecule has 86 valence electrons. The first-order valence-corrected chi connectivity index (χ1v) is 5.04. The van der Waals surface area contributed by atoms with Crippen molar-refractivity contribution >= 4 is 12.6 Å². The lowest BCUT2D eigenvalue weighted by molar-refractivity contribution is 0.312. The number of rotatable bonds is 6. The standard InChI is InChI=1S/C11H14BFO3/c1-2-3-4-7-16-11-6-5-9(13)8-10(11)12(14)15/h2,5-6,8,14-15H,1,3-4,7H2. The van der Waals surface area contributed by atoms with Crippen LogP contribution in [-0.4, -0.2) is 23.8 Å². The molecular weight excluding hydrogens is 210 g/mol. The van der Waals surface area contributed by atoms with Crippen molar-refractivity contribution in [1.29, 1.82) is 0 Å². The number of hydrogen-bond donors (Lipinski definition) is 2. The van der Waals surface area contributed by atoms with E-state index in [2.05, 4.69) is 6.58 Å². The fourth-order valence-corrected chi connectivity index (χ4v) is 1.26. The second-order valence-corrected chi connectivity index (χ2v) is 3.34. The van der Waals surface area contributed by atoms with E-state index in [4.69, 9.17) is 14.8 Å². The number of unbranched alkanes of at least 4 members (excludes halogenated alkanes) is 1. The summed E-state index contributed by atoms with van der Waals surface area (Å²) in [7, 11) is -1.73. The van der Waals surface area contributed by atoms with E-state index in [0.29, 0.717) is 12.4 Å². The van der Waals surface area contributed by atoms with Crippen molar-refractivity contribution in [1.82, 2.24) is 0 Å². The van der Waals surface area contributed by atoms with Crippen LogP contribution in [0, 0.1) is 5.82 Å². The molecule has 3 nitrogen and oxygen atoms in total. The molecule has 0 aromatic heterocycles. The Morgan fingerprint density at radius 3 is 2.81 bits per heavy atom. The summed E-state index contributed by atoms with van der Waals surface area (Å²) >= 11 is 0. The maximum absolute atomic E-state index is 12.9. The van der Waals surface area contributed by atoms with Crippen LogP contribution in [0.1, 0.15) is 12.8 Å². The summed E-state index contributed by atoms with van der Waals surface area (Å²) in [6.45, 7) is 4.01. The van der Waals surface area contributed by atoms with Crippen molar-refractivity contribution in [2.45, 2.75) is 12.8 Å². The first-order valence-electron chi connectivity index (χ1n) is 5.04. The summed E-state index contributed by atoms with van der Waals surface area (Å²) in [4.78, 5) is 0. The highest BCUT2D eigenvalue weighted by Gasteiger charge is 2.17. The van der Waals surface area contributed by atoms with E-state index in [1.165, 1.54) is 12.1 Å². The van der Waals surface area contributed by atoms with Crippen molar-refractivity contribution in [2.24, 2.45) is 0 Å². The van der Waals surface area contributed by atoms with Crippen molar-refractivity contribution < 1.29 is 19.2 Å². The molecule has 5 heteroatoms. The lowest BCUT2D eigenvalue weighted by Crippen LogP contribution is -2.32.